The van der Waals surface area contributed by atoms with Gasteiger partial charge in [-0.2, -0.15) is 0 Å². The lowest BCUT2D eigenvalue weighted by atomic mass is 10.0. The van der Waals surface area contributed by atoms with Crippen LogP contribution >= 0.6 is 38.9 Å². The van der Waals surface area contributed by atoms with Gasteiger partial charge in [-0.1, -0.05) is 23.7 Å². The molecular formula is C13H13BrClFN2S. The van der Waals surface area contributed by atoms with Gasteiger partial charge in [-0.15, -0.1) is 11.3 Å². The van der Waals surface area contributed by atoms with Crippen LogP contribution in [0, 0.1) is 5.82 Å². The minimum Gasteiger partial charge on any atom is -0.271 e. The van der Waals surface area contributed by atoms with Gasteiger partial charge < -0.3 is 0 Å². The van der Waals surface area contributed by atoms with Crippen LogP contribution in [-0.2, 0) is 12.8 Å². The van der Waals surface area contributed by atoms with Crippen molar-refractivity contribution >= 4 is 38.9 Å². The molecule has 19 heavy (non-hydrogen) atoms. The van der Waals surface area contributed by atoms with Crippen LogP contribution in [-0.4, -0.2) is 6.04 Å². The molecule has 1 aromatic carbocycles. The molecular weight excluding hydrogens is 351 g/mol. The maximum atomic E-state index is 13.8. The van der Waals surface area contributed by atoms with Crippen molar-refractivity contribution in [3.8, 4) is 0 Å². The van der Waals surface area contributed by atoms with Gasteiger partial charge in [0, 0.05) is 10.9 Å². The van der Waals surface area contributed by atoms with Crippen molar-refractivity contribution in [2.24, 2.45) is 5.84 Å². The highest BCUT2D eigenvalue weighted by atomic mass is 79.9. The van der Waals surface area contributed by atoms with E-state index in [0.29, 0.717) is 12.0 Å². The van der Waals surface area contributed by atoms with E-state index >= 15 is 0 Å². The van der Waals surface area contributed by atoms with E-state index in [0.717, 1.165) is 10.2 Å². The Labute approximate surface area is 128 Å². The number of thiophene rings is 1. The molecule has 0 fully saturated rings. The predicted octanol–water partition coefficient (Wildman–Crippen LogP) is 3.92. The third-order valence-corrected chi connectivity index (χ3v) is 4.75. The maximum absolute atomic E-state index is 13.8. The molecule has 2 rings (SSSR count). The third kappa shape index (κ3) is 4.00. The van der Waals surface area contributed by atoms with Crippen LogP contribution in [0.25, 0.3) is 0 Å². The number of nitrogens with two attached hydrogens (primary N) is 1. The van der Waals surface area contributed by atoms with E-state index in [1.807, 2.05) is 12.1 Å². The summed E-state index contributed by atoms with van der Waals surface area (Å²) in [5.74, 6) is 5.19. The number of halogens is 3. The molecule has 3 N–H and O–H groups in total. The fourth-order valence-corrected chi connectivity index (χ4v) is 3.62. The summed E-state index contributed by atoms with van der Waals surface area (Å²) in [5, 5.41) is 0.145. The normalized spacial score (nSPS) is 12.6. The fraction of sp³-hybridized carbons (Fsp3) is 0.231. The first-order valence-corrected chi connectivity index (χ1v) is 7.72. The van der Waals surface area contributed by atoms with Crippen molar-refractivity contribution in [1.29, 1.82) is 0 Å². The number of hydrogen-bond donors (Lipinski definition) is 2. The van der Waals surface area contributed by atoms with Gasteiger partial charge in [0.1, 0.15) is 5.82 Å². The van der Waals surface area contributed by atoms with Crippen LogP contribution in [0.4, 0.5) is 4.39 Å². The highest BCUT2D eigenvalue weighted by Gasteiger charge is 2.14. The summed E-state index contributed by atoms with van der Waals surface area (Å²) in [5.41, 5.74) is 3.31. The van der Waals surface area contributed by atoms with Crippen molar-refractivity contribution in [2.45, 2.75) is 18.9 Å². The largest absolute Gasteiger partial charge is 0.271 e. The Hall–Kier alpha value is -0.460. The first kappa shape index (κ1) is 14.9. The van der Waals surface area contributed by atoms with E-state index in [2.05, 4.69) is 21.4 Å². The third-order valence-electron chi connectivity index (χ3n) is 2.81. The van der Waals surface area contributed by atoms with Crippen LogP contribution in [0.1, 0.15) is 10.4 Å². The summed E-state index contributed by atoms with van der Waals surface area (Å²) in [4.78, 5) is 1.19. The van der Waals surface area contributed by atoms with E-state index in [4.69, 9.17) is 17.4 Å². The average molecular weight is 364 g/mol. The second-order valence-electron chi connectivity index (χ2n) is 4.19. The smallest absolute Gasteiger partial charge is 0.145 e. The summed E-state index contributed by atoms with van der Waals surface area (Å²) in [6.45, 7) is 0. The minimum atomic E-state index is -0.364. The van der Waals surface area contributed by atoms with Crippen LogP contribution < -0.4 is 11.3 Å². The highest BCUT2D eigenvalue weighted by molar-refractivity contribution is 9.11. The summed E-state index contributed by atoms with van der Waals surface area (Å²) in [6.07, 6.45) is 1.25. The Kier molecular flexibility index (Phi) is 5.36. The van der Waals surface area contributed by atoms with Gasteiger partial charge in [-0.05, 0) is 52.5 Å². The molecule has 0 saturated heterocycles. The molecule has 0 aliphatic rings. The van der Waals surface area contributed by atoms with Crippen LogP contribution in [0.2, 0.25) is 5.02 Å². The average Bonchev–Trinajstić information content (AvgIpc) is 2.79. The van der Waals surface area contributed by atoms with Crippen molar-refractivity contribution in [1.82, 2.24) is 5.43 Å². The second-order valence-corrected chi connectivity index (χ2v) is 7.15. The Morgan fingerprint density at radius 3 is 2.74 bits per heavy atom. The van der Waals surface area contributed by atoms with Gasteiger partial charge in [0.2, 0.25) is 0 Å². The Bertz CT molecular complexity index is 561. The van der Waals surface area contributed by atoms with Crippen molar-refractivity contribution in [3.05, 3.63) is 55.4 Å². The molecule has 0 bridgehead atoms. The lowest BCUT2D eigenvalue weighted by Gasteiger charge is -2.15. The van der Waals surface area contributed by atoms with Gasteiger partial charge >= 0.3 is 0 Å². The first-order valence-electron chi connectivity index (χ1n) is 5.73. The maximum Gasteiger partial charge on any atom is 0.145 e. The molecule has 0 aliphatic carbocycles. The Morgan fingerprint density at radius 2 is 2.11 bits per heavy atom. The zero-order valence-corrected chi connectivity index (χ0v) is 13.2. The van der Waals surface area contributed by atoms with E-state index in [9.17, 15) is 4.39 Å². The molecule has 6 heteroatoms. The Balaban J connectivity index is 2.08. The van der Waals surface area contributed by atoms with Crippen molar-refractivity contribution in [2.75, 3.05) is 0 Å². The van der Waals surface area contributed by atoms with Gasteiger partial charge in [-0.3, -0.25) is 11.3 Å². The molecule has 0 spiro atoms. The van der Waals surface area contributed by atoms with Crippen LogP contribution in [0.3, 0.4) is 0 Å². The lowest BCUT2D eigenvalue weighted by molar-refractivity contribution is 0.509. The number of rotatable bonds is 5. The number of hydrazine groups is 1. The van der Waals surface area contributed by atoms with Gasteiger partial charge in [0.05, 0.1) is 8.81 Å². The number of hydrogen-bond acceptors (Lipinski definition) is 3. The van der Waals surface area contributed by atoms with E-state index < -0.39 is 0 Å². The van der Waals surface area contributed by atoms with Crippen molar-refractivity contribution < 1.29 is 4.39 Å². The summed E-state index contributed by atoms with van der Waals surface area (Å²) in [6, 6.07) is 9.02. The second kappa shape index (κ2) is 6.81. The highest BCUT2D eigenvalue weighted by Crippen LogP contribution is 2.24. The lowest BCUT2D eigenvalue weighted by Crippen LogP contribution is -2.38. The molecule has 1 heterocycles. The van der Waals surface area contributed by atoms with Gasteiger partial charge in [0.25, 0.3) is 0 Å². The molecule has 2 nitrogen and oxygen atoms in total. The molecule has 2 aromatic rings. The first-order chi connectivity index (χ1) is 9.10. The summed E-state index contributed by atoms with van der Waals surface area (Å²) >= 11 is 10.8. The van der Waals surface area contributed by atoms with E-state index in [1.54, 1.807) is 29.5 Å². The predicted molar refractivity (Wildman–Crippen MR) is 81.9 cm³/mol. The number of nitrogens with one attached hydrogen (secondary N) is 1. The summed E-state index contributed by atoms with van der Waals surface area (Å²) in [7, 11) is 0. The van der Waals surface area contributed by atoms with Crippen LogP contribution in [0.15, 0.2) is 34.1 Å². The quantitative estimate of drug-likeness (QED) is 0.624. The zero-order valence-electron chi connectivity index (χ0n) is 10.00. The van der Waals surface area contributed by atoms with Crippen LogP contribution in [0.5, 0.6) is 0 Å². The molecule has 102 valence electrons. The van der Waals surface area contributed by atoms with Gasteiger partial charge in [0.15, 0.2) is 0 Å². The molecule has 1 aromatic heterocycles. The van der Waals surface area contributed by atoms with Gasteiger partial charge in [-0.25, -0.2) is 4.39 Å². The van der Waals surface area contributed by atoms with E-state index in [1.165, 1.54) is 4.88 Å². The topological polar surface area (TPSA) is 38.0 Å². The molecule has 1 unspecified atom stereocenters. The molecule has 0 aliphatic heterocycles. The SMILES string of the molecule is NNC(Cc1ccc(Br)s1)Cc1cccc(Cl)c1F. The van der Waals surface area contributed by atoms with Crippen molar-refractivity contribution in [3.63, 3.8) is 0 Å². The molecule has 0 radical (unpaired) electrons. The fourth-order valence-electron chi connectivity index (χ4n) is 1.87. The minimum absolute atomic E-state index is 0.0292. The zero-order chi connectivity index (χ0) is 13.8. The monoisotopic (exact) mass is 362 g/mol. The van der Waals surface area contributed by atoms with E-state index in [-0.39, 0.29) is 16.9 Å². The summed E-state index contributed by atoms with van der Waals surface area (Å²) < 4.78 is 14.9. The number of benzene rings is 1. The molecule has 1 atom stereocenters. The molecule has 0 amide bonds. The molecule has 0 saturated carbocycles. The standard InChI is InChI=1S/C13H13BrClFN2S/c14-12-5-4-10(19-12)7-9(18-17)6-8-2-1-3-11(15)13(8)16/h1-5,9,18H,6-7,17H2. The Morgan fingerprint density at radius 1 is 1.32 bits per heavy atom.